The molecule has 4 rings (SSSR count). The number of nitrogens with zero attached hydrogens (tertiary/aromatic N) is 1. The first-order valence-corrected chi connectivity index (χ1v) is 11.3. The van der Waals surface area contributed by atoms with Gasteiger partial charge in [-0.2, -0.15) is 0 Å². The lowest BCUT2D eigenvalue weighted by atomic mass is 10.2. The van der Waals surface area contributed by atoms with E-state index in [4.69, 9.17) is 23.2 Å². The van der Waals surface area contributed by atoms with E-state index in [1.807, 2.05) is 24.3 Å². The van der Waals surface area contributed by atoms with E-state index in [-0.39, 0.29) is 4.90 Å². The van der Waals surface area contributed by atoms with E-state index in [0.717, 1.165) is 20.8 Å². The third-order valence-corrected chi connectivity index (χ3v) is 7.57. The first-order chi connectivity index (χ1) is 13.3. The topological polar surface area (TPSA) is 59.1 Å². The third kappa shape index (κ3) is 3.61. The normalized spacial score (nSPS) is 11.7. The summed E-state index contributed by atoms with van der Waals surface area (Å²) in [7, 11) is -3.79. The molecule has 1 heterocycles. The molecule has 0 radical (unpaired) electrons. The Morgan fingerprint density at radius 2 is 1.75 bits per heavy atom. The van der Waals surface area contributed by atoms with Crippen LogP contribution < -0.4 is 4.72 Å². The fourth-order valence-corrected chi connectivity index (χ4v) is 5.71. The Morgan fingerprint density at radius 3 is 2.50 bits per heavy atom. The molecule has 4 nitrogen and oxygen atoms in total. The number of hydrogen-bond acceptors (Lipinski definition) is 4. The predicted octanol–water partition coefficient (Wildman–Crippen LogP) is 6.38. The maximum absolute atomic E-state index is 12.7. The molecule has 1 N–H and O–H groups in total. The molecule has 0 fully saturated rings. The Hall–Kier alpha value is -2.12. The van der Waals surface area contributed by atoms with Crippen molar-refractivity contribution in [1.29, 1.82) is 0 Å². The summed E-state index contributed by atoms with van der Waals surface area (Å²) < 4.78 is 29.1. The number of benzene rings is 3. The number of rotatable bonds is 4. The maximum atomic E-state index is 12.7. The van der Waals surface area contributed by atoms with Crippen LogP contribution in [0.1, 0.15) is 5.56 Å². The number of thiazole rings is 1. The summed E-state index contributed by atoms with van der Waals surface area (Å²) in [6, 6.07) is 17.6. The Kier molecular flexibility index (Phi) is 5.05. The standard InChI is InChI=1S/C20H14Cl2N2O2S2/c1-12-15(21)5-4-8-19(12)28(25,26)24-13-9-10-14(16(22)11-13)20-23-17-6-2-3-7-18(17)27-20/h2-11,24H,1H3. The highest BCUT2D eigenvalue weighted by atomic mass is 35.5. The lowest BCUT2D eigenvalue weighted by Gasteiger charge is -2.12. The molecule has 0 amide bonds. The molecule has 0 aliphatic rings. The summed E-state index contributed by atoms with van der Waals surface area (Å²) in [5, 5.41) is 1.60. The number of para-hydroxylation sites is 1. The molecule has 0 bridgehead atoms. The number of fused-ring (bicyclic) bond motifs is 1. The summed E-state index contributed by atoms with van der Waals surface area (Å²) in [5.41, 5.74) is 2.52. The van der Waals surface area contributed by atoms with E-state index in [2.05, 4.69) is 9.71 Å². The molecule has 0 saturated heterocycles. The van der Waals surface area contributed by atoms with Gasteiger partial charge in [0.1, 0.15) is 5.01 Å². The molecule has 1 aromatic heterocycles. The second-order valence-corrected chi connectivity index (χ2v) is 9.65. The molecule has 0 aliphatic heterocycles. The summed E-state index contributed by atoms with van der Waals surface area (Å²) in [6.45, 7) is 1.67. The average molecular weight is 449 g/mol. The van der Waals surface area contributed by atoms with Crippen molar-refractivity contribution < 1.29 is 8.42 Å². The predicted molar refractivity (Wildman–Crippen MR) is 117 cm³/mol. The average Bonchev–Trinajstić information content (AvgIpc) is 3.07. The quantitative estimate of drug-likeness (QED) is 0.393. The van der Waals surface area contributed by atoms with Crippen LogP contribution >= 0.6 is 34.5 Å². The van der Waals surface area contributed by atoms with Crippen molar-refractivity contribution in [2.45, 2.75) is 11.8 Å². The Labute approximate surface area is 176 Å². The number of halogens is 2. The number of nitrogens with one attached hydrogen (secondary N) is 1. The van der Waals surface area contributed by atoms with Crippen LogP contribution in [0, 0.1) is 6.92 Å². The van der Waals surface area contributed by atoms with Crippen molar-refractivity contribution in [2.75, 3.05) is 4.72 Å². The zero-order chi connectivity index (χ0) is 19.9. The van der Waals surface area contributed by atoms with Gasteiger partial charge in [0.2, 0.25) is 0 Å². The van der Waals surface area contributed by atoms with Crippen LogP contribution in [0.25, 0.3) is 20.8 Å². The highest BCUT2D eigenvalue weighted by Crippen LogP contribution is 2.36. The molecule has 4 aromatic rings. The molecule has 8 heteroatoms. The van der Waals surface area contributed by atoms with Crippen molar-refractivity contribution in [3.8, 4) is 10.6 Å². The minimum atomic E-state index is -3.79. The number of anilines is 1. The lowest BCUT2D eigenvalue weighted by Crippen LogP contribution is -2.14. The van der Waals surface area contributed by atoms with Crippen LogP contribution in [-0.4, -0.2) is 13.4 Å². The van der Waals surface area contributed by atoms with Gasteiger partial charge in [0.25, 0.3) is 10.0 Å². The zero-order valence-electron chi connectivity index (χ0n) is 14.6. The molecule has 0 spiro atoms. The largest absolute Gasteiger partial charge is 0.280 e. The molecule has 0 atom stereocenters. The lowest BCUT2D eigenvalue weighted by molar-refractivity contribution is 0.600. The molecule has 3 aromatic carbocycles. The van der Waals surface area contributed by atoms with E-state index in [0.29, 0.717) is 21.3 Å². The van der Waals surface area contributed by atoms with E-state index in [9.17, 15) is 8.42 Å². The summed E-state index contributed by atoms with van der Waals surface area (Å²) in [5.74, 6) is 0. The van der Waals surface area contributed by atoms with Gasteiger partial charge in [-0.15, -0.1) is 11.3 Å². The number of sulfonamides is 1. The number of aromatic nitrogens is 1. The van der Waals surface area contributed by atoms with Gasteiger partial charge in [-0.1, -0.05) is 41.4 Å². The van der Waals surface area contributed by atoms with Crippen molar-refractivity contribution in [1.82, 2.24) is 4.98 Å². The molecular formula is C20H14Cl2N2O2S2. The van der Waals surface area contributed by atoms with Crippen LogP contribution in [0.3, 0.4) is 0 Å². The Bertz CT molecular complexity index is 1270. The number of hydrogen-bond donors (Lipinski definition) is 1. The molecule has 0 aliphatic carbocycles. The molecule has 28 heavy (non-hydrogen) atoms. The second kappa shape index (κ2) is 7.37. The van der Waals surface area contributed by atoms with Gasteiger partial charge in [0.05, 0.1) is 25.8 Å². The SMILES string of the molecule is Cc1c(Cl)cccc1S(=O)(=O)Nc1ccc(-c2nc3ccccc3s2)c(Cl)c1. The van der Waals surface area contributed by atoms with Gasteiger partial charge < -0.3 is 0 Å². The Morgan fingerprint density at radius 1 is 0.964 bits per heavy atom. The van der Waals surface area contributed by atoms with Crippen LogP contribution in [-0.2, 0) is 10.0 Å². The van der Waals surface area contributed by atoms with Gasteiger partial charge in [0, 0.05) is 10.6 Å². The van der Waals surface area contributed by atoms with Gasteiger partial charge in [-0.3, -0.25) is 4.72 Å². The van der Waals surface area contributed by atoms with Crippen molar-refractivity contribution in [2.24, 2.45) is 0 Å². The fourth-order valence-electron chi connectivity index (χ4n) is 2.83. The first kappa shape index (κ1) is 19.2. The van der Waals surface area contributed by atoms with Crippen LogP contribution in [0.2, 0.25) is 10.0 Å². The minimum absolute atomic E-state index is 0.131. The monoisotopic (exact) mass is 448 g/mol. The summed E-state index contributed by atoms with van der Waals surface area (Å²) in [4.78, 5) is 4.73. The highest BCUT2D eigenvalue weighted by molar-refractivity contribution is 7.92. The summed E-state index contributed by atoms with van der Waals surface area (Å²) in [6.07, 6.45) is 0. The molecule has 0 unspecified atom stereocenters. The minimum Gasteiger partial charge on any atom is -0.280 e. The molecular weight excluding hydrogens is 435 g/mol. The highest BCUT2D eigenvalue weighted by Gasteiger charge is 2.19. The van der Waals surface area contributed by atoms with Crippen LogP contribution in [0.15, 0.2) is 65.6 Å². The second-order valence-electron chi connectivity index (χ2n) is 6.15. The molecule has 142 valence electrons. The van der Waals surface area contributed by atoms with Crippen LogP contribution in [0.4, 0.5) is 5.69 Å². The van der Waals surface area contributed by atoms with Crippen LogP contribution in [0.5, 0.6) is 0 Å². The smallest absolute Gasteiger partial charge is 0.262 e. The van der Waals surface area contributed by atoms with Crippen molar-refractivity contribution >= 4 is 60.5 Å². The zero-order valence-corrected chi connectivity index (χ0v) is 17.8. The third-order valence-electron chi connectivity index (χ3n) is 4.25. The fraction of sp³-hybridized carbons (Fsp3) is 0.0500. The van der Waals surface area contributed by atoms with E-state index in [1.165, 1.54) is 17.4 Å². The van der Waals surface area contributed by atoms with Gasteiger partial charge in [0.15, 0.2) is 0 Å². The van der Waals surface area contributed by atoms with E-state index in [1.54, 1.807) is 37.3 Å². The van der Waals surface area contributed by atoms with Gasteiger partial charge >= 0.3 is 0 Å². The van der Waals surface area contributed by atoms with Crippen molar-refractivity contribution in [3.05, 3.63) is 76.3 Å². The summed E-state index contributed by atoms with van der Waals surface area (Å²) >= 11 is 14.0. The van der Waals surface area contributed by atoms with Gasteiger partial charge in [-0.05, 0) is 55.0 Å². The first-order valence-electron chi connectivity index (χ1n) is 8.28. The Balaban J connectivity index is 1.67. The van der Waals surface area contributed by atoms with E-state index >= 15 is 0 Å². The molecule has 0 saturated carbocycles. The van der Waals surface area contributed by atoms with Gasteiger partial charge in [-0.25, -0.2) is 13.4 Å². The van der Waals surface area contributed by atoms with Crippen molar-refractivity contribution in [3.63, 3.8) is 0 Å². The maximum Gasteiger partial charge on any atom is 0.262 e. The van der Waals surface area contributed by atoms with E-state index < -0.39 is 10.0 Å².